The molecule has 0 atom stereocenters. The van der Waals surface area contributed by atoms with Crippen LogP contribution in [0.3, 0.4) is 0 Å². The quantitative estimate of drug-likeness (QED) is 0.633. The van der Waals surface area contributed by atoms with Crippen LogP contribution in [0.5, 0.6) is 0 Å². The molecule has 1 rings (SSSR count). The number of rotatable bonds is 2. The van der Waals surface area contributed by atoms with Crippen LogP contribution in [0.4, 0.5) is 5.69 Å². The van der Waals surface area contributed by atoms with Crippen LogP contribution in [0.25, 0.3) is 0 Å². The van der Waals surface area contributed by atoms with Crippen molar-refractivity contribution in [2.24, 2.45) is 0 Å². The van der Waals surface area contributed by atoms with Crippen molar-refractivity contribution in [3.8, 4) is 0 Å². The Bertz CT molecular complexity index is 416. The highest BCUT2D eigenvalue weighted by atomic mass is 16.6. The number of nitrogens with two attached hydrogens (primary N) is 1. The monoisotopic (exact) mass is 235 g/mol. The summed E-state index contributed by atoms with van der Waals surface area (Å²) < 4.78 is 5.42. The third kappa shape index (κ3) is 3.48. The molecule has 0 saturated heterocycles. The van der Waals surface area contributed by atoms with Gasteiger partial charge >= 0.3 is 5.97 Å². The summed E-state index contributed by atoms with van der Waals surface area (Å²) in [6, 6.07) is 7.34. The zero-order valence-electron chi connectivity index (χ0n) is 11.2. The molecule has 0 unspecified atom stereocenters. The third-order valence-electron chi connectivity index (χ3n) is 2.52. The number of carbonyl (C=O) groups is 1. The number of nitrogen functional groups attached to an aromatic ring is 1. The Labute approximate surface area is 103 Å². The summed E-state index contributed by atoms with van der Waals surface area (Å²) in [6.45, 7) is 9.27. The van der Waals surface area contributed by atoms with Crippen LogP contribution in [0, 0.1) is 0 Å². The van der Waals surface area contributed by atoms with Gasteiger partial charge in [-0.25, -0.2) is 0 Å². The number of hydrogen-bond donors (Lipinski definition) is 1. The van der Waals surface area contributed by atoms with Crippen molar-refractivity contribution in [3.05, 3.63) is 29.8 Å². The van der Waals surface area contributed by atoms with Gasteiger partial charge in [0.2, 0.25) is 0 Å². The van der Waals surface area contributed by atoms with Gasteiger partial charge in [0.1, 0.15) is 5.60 Å². The SMILES string of the molecule is CC(C)(C)OC(=O)C(C)(C)c1cccc(N)c1. The van der Waals surface area contributed by atoms with Gasteiger partial charge in [-0.15, -0.1) is 0 Å². The van der Waals surface area contributed by atoms with Crippen molar-refractivity contribution in [3.63, 3.8) is 0 Å². The van der Waals surface area contributed by atoms with E-state index in [9.17, 15) is 4.79 Å². The smallest absolute Gasteiger partial charge is 0.316 e. The summed E-state index contributed by atoms with van der Waals surface area (Å²) in [7, 11) is 0. The Morgan fingerprint density at radius 3 is 2.24 bits per heavy atom. The lowest BCUT2D eigenvalue weighted by Crippen LogP contribution is -2.36. The molecular formula is C14H21NO2. The van der Waals surface area contributed by atoms with Gasteiger partial charge in [0.15, 0.2) is 0 Å². The van der Waals surface area contributed by atoms with Crippen molar-refractivity contribution in [1.82, 2.24) is 0 Å². The molecule has 1 aromatic carbocycles. The molecule has 3 heteroatoms. The van der Waals surface area contributed by atoms with Gasteiger partial charge in [0.05, 0.1) is 5.41 Å². The van der Waals surface area contributed by atoms with Gasteiger partial charge in [0.25, 0.3) is 0 Å². The average Bonchev–Trinajstić information content (AvgIpc) is 2.15. The Hall–Kier alpha value is -1.51. The van der Waals surface area contributed by atoms with Crippen LogP contribution in [0.2, 0.25) is 0 Å². The standard InChI is InChI=1S/C14H21NO2/c1-13(2,3)17-12(16)14(4,5)10-7-6-8-11(15)9-10/h6-9H,15H2,1-5H3. The highest BCUT2D eigenvalue weighted by molar-refractivity contribution is 5.82. The van der Waals surface area contributed by atoms with E-state index in [1.54, 1.807) is 6.07 Å². The average molecular weight is 235 g/mol. The van der Waals surface area contributed by atoms with E-state index in [1.807, 2.05) is 52.8 Å². The maximum atomic E-state index is 12.1. The lowest BCUT2D eigenvalue weighted by molar-refractivity contribution is -0.160. The maximum absolute atomic E-state index is 12.1. The number of hydrogen-bond acceptors (Lipinski definition) is 3. The summed E-state index contributed by atoms with van der Waals surface area (Å²) in [4.78, 5) is 12.1. The second-order valence-electron chi connectivity index (χ2n) is 5.75. The van der Waals surface area contributed by atoms with E-state index in [4.69, 9.17) is 10.5 Å². The molecular weight excluding hydrogens is 214 g/mol. The number of carbonyl (C=O) groups excluding carboxylic acids is 1. The molecule has 1 aromatic rings. The molecule has 0 aliphatic heterocycles. The second kappa shape index (κ2) is 4.40. The van der Waals surface area contributed by atoms with E-state index in [0.717, 1.165) is 5.56 Å². The second-order valence-corrected chi connectivity index (χ2v) is 5.75. The first kappa shape index (κ1) is 13.6. The first-order chi connectivity index (χ1) is 7.63. The number of ether oxygens (including phenoxy) is 1. The summed E-state index contributed by atoms with van der Waals surface area (Å²) in [6.07, 6.45) is 0. The Kier molecular flexibility index (Phi) is 3.51. The van der Waals surface area contributed by atoms with Crippen LogP contribution in [0.15, 0.2) is 24.3 Å². The van der Waals surface area contributed by atoms with Crippen LogP contribution < -0.4 is 5.73 Å². The van der Waals surface area contributed by atoms with Gasteiger partial charge in [0, 0.05) is 5.69 Å². The van der Waals surface area contributed by atoms with E-state index in [-0.39, 0.29) is 5.97 Å². The Morgan fingerprint density at radius 1 is 1.18 bits per heavy atom. The van der Waals surface area contributed by atoms with Gasteiger partial charge < -0.3 is 10.5 Å². The van der Waals surface area contributed by atoms with E-state index < -0.39 is 11.0 Å². The zero-order valence-corrected chi connectivity index (χ0v) is 11.2. The molecule has 0 heterocycles. The predicted octanol–water partition coefficient (Wildman–Crippen LogP) is 2.89. The van der Waals surface area contributed by atoms with Crippen molar-refractivity contribution in [1.29, 1.82) is 0 Å². The third-order valence-corrected chi connectivity index (χ3v) is 2.52. The molecule has 0 bridgehead atoms. The van der Waals surface area contributed by atoms with Crippen molar-refractivity contribution in [2.45, 2.75) is 45.6 Å². The van der Waals surface area contributed by atoms with Crippen LogP contribution in [-0.2, 0) is 14.9 Å². The van der Waals surface area contributed by atoms with E-state index in [0.29, 0.717) is 5.69 Å². The molecule has 3 nitrogen and oxygen atoms in total. The first-order valence-corrected chi connectivity index (χ1v) is 5.72. The fraction of sp³-hybridized carbons (Fsp3) is 0.500. The minimum atomic E-state index is -0.692. The van der Waals surface area contributed by atoms with Crippen LogP contribution in [-0.4, -0.2) is 11.6 Å². The first-order valence-electron chi connectivity index (χ1n) is 5.72. The normalized spacial score (nSPS) is 12.3. The number of esters is 1. The van der Waals surface area contributed by atoms with Crippen LogP contribution >= 0.6 is 0 Å². The molecule has 0 fully saturated rings. The maximum Gasteiger partial charge on any atom is 0.316 e. The minimum Gasteiger partial charge on any atom is -0.459 e. The summed E-state index contributed by atoms with van der Waals surface area (Å²) >= 11 is 0. The minimum absolute atomic E-state index is 0.240. The topological polar surface area (TPSA) is 52.3 Å². The Morgan fingerprint density at radius 2 is 1.76 bits per heavy atom. The molecule has 0 aliphatic rings. The van der Waals surface area contributed by atoms with Crippen molar-refractivity contribution < 1.29 is 9.53 Å². The van der Waals surface area contributed by atoms with Crippen molar-refractivity contribution >= 4 is 11.7 Å². The molecule has 0 aromatic heterocycles. The largest absolute Gasteiger partial charge is 0.459 e. The molecule has 0 amide bonds. The molecule has 0 radical (unpaired) electrons. The number of benzene rings is 1. The molecule has 2 N–H and O–H groups in total. The summed E-state index contributed by atoms with van der Waals surface area (Å²) in [5.41, 5.74) is 6.08. The highest BCUT2D eigenvalue weighted by Gasteiger charge is 2.34. The molecule has 0 spiro atoms. The molecule has 0 aliphatic carbocycles. The summed E-state index contributed by atoms with van der Waals surface area (Å²) in [5.74, 6) is -0.240. The lowest BCUT2D eigenvalue weighted by Gasteiger charge is -2.28. The van der Waals surface area contributed by atoms with E-state index in [2.05, 4.69) is 0 Å². The molecule has 17 heavy (non-hydrogen) atoms. The predicted molar refractivity (Wildman–Crippen MR) is 69.7 cm³/mol. The summed E-state index contributed by atoms with van der Waals surface area (Å²) in [5, 5.41) is 0. The van der Waals surface area contributed by atoms with Gasteiger partial charge in [-0.2, -0.15) is 0 Å². The zero-order chi connectivity index (χ0) is 13.3. The highest BCUT2D eigenvalue weighted by Crippen LogP contribution is 2.28. The van der Waals surface area contributed by atoms with Crippen LogP contribution in [0.1, 0.15) is 40.2 Å². The fourth-order valence-electron chi connectivity index (χ4n) is 1.45. The van der Waals surface area contributed by atoms with E-state index >= 15 is 0 Å². The van der Waals surface area contributed by atoms with Crippen molar-refractivity contribution in [2.75, 3.05) is 5.73 Å². The van der Waals surface area contributed by atoms with Gasteiger partial charge in [-0.1, -0.05) is 12.1 Å². The fourth-order valence-corrected chi connectivity index (χ4v) is 1.45. The molecule has 0 saturated carbocycles. The lowest BCUT2D eigenvalue weighted by atomic mass is 9.84. The van der Waals surface area contributed by atoms with Gasteiger partial charge in [-0.3, -0.25) is 4.79 Å². The molecule has 94 valence electrons. The Balaban J connectivity index is 2.99. The van der Waals surface area contributed by atoms with E-state index in [1.165, 1.54) is 0 Å². The number of anilines is 1. The van der Waals surface area contributed by atoms with Gasteiger partial charge in [-0.05, 0) is 52.3 Å².